The highest BCUT2D eigenvalue weighted by Gasteiger charge is 2.25. The minimum absolute atomic E-state index is 0.0687. The number of fused-ring (bicyclic) bond motifs is 2. The number of nitrogens with two attached hydrogens (primary N) is 1. The summed E-state index contributed by atoms with van der Waals surface area (Å²) >= 11 is 0. The number of anilines is 1. The number of nitrogens with one attached hydrogen (secondary N) is 1. The van der Waals surface area contributed by atoms with Crippen LogP contribution in [0, 0.1) is 5.41 Å². The smallest absolute Gasteiger partial charge is 0.322 e. The van der Waals surface area contributed by atoms with E-state index in [1.54, 1.807) is 13.8 Å². The lowest BCUT2D eigenvalue weighted by Crippen LogP contribution is -2.35. The topological polar surface area (TPSA) is 102 Å². The summed E-state index contributed by atoms with van der Waals surface area (Å²) in [5, 5.41) is 2.87. The molecule has 0 atom stereocenters. The SMILES string of the molecule is CC(C)(C[S-](=O)=NC(=O)Nc1c2c(cc3c1CCC3)CCC2)C(N)=O. The van der Waals surface area contributed by atoms with E-state index in [2.05, 4.69) is 15.7 Å². The largest absolute Gasteiger partial charge is 0.444 e. The lowest BCUT2D eigenvalue weighted by Gasteiger charge is -2.22. The molecule has 0 bridgehead atoms. The average Bonchev–Trinajstić information content (AvgIpc) is 3.14. The van der Waals surface area contributed by atoms with Crippen LogP contribution in [0.1, 0.15) is 48.9 Å². The third-order valence-electron chi connectivity index (χ3n) is 5.04. The van der Waals surface area contributed by atoms with Crippen LogP contribution in [0.15, 0.2) is 10.4 Å². The Balaban J connectivity index is 1.82. The summed E-state index contributed by atoms with van der Waals surface area (Å²) in [7, 11) is -1.80. The Morgan fingerprint density at radius 1 is 1.16 bits per heavy atom. The lowest BCUT2D eigenvalue weighted by atomic mass is 9.96. The van der Waals surface area contributed by atoms with Crippen LogP contribution >= 0.6 is 0 Å². The number of hydrogen-bond acceptors (Lipinski definition) is 4. The van der Waals surface area contributed by atoms with Crippen molar-refractivity contribution in [2.24, 2.45) is 15.5 Å². The molecule has 3 N–H and O–H groups in total. The molecule has 3 amide bonds. The van der Waals surface area contributed by atoms with Gasteiger partial charge < -0.3 is 19.6 Å². The summed E-state index contributed by atoms with van der Waals surface area (Å²) in [6.07, 6.45) is 6.18. The molecule has 1 aromatic carbocycles. The standard InChI is InChI=1S/C18H24N3O3S/c1-18(2,16(19)22)10-25(24)21-17(23)20-15-13-7-3-5-11(13)9-12-6-4-8-14(12)15/h9H,3-8,10H2,1-2H3,(H2,19,22)(H,20,23)/q-1. The molecule has 0 aliphatic heterocycles. The Morgan fingerprint density at radius 2 is 1.72 bits per heavy atom. The van der Waals surface area contributed by atoms with Crippen LogP contribution in [-0.2, 0) is 45.3 Å². The highest BCUT2D eigenvalue weighted by molar-refractivity contribution is 7.75. The van der Waals surface area contributed by atoms with Crippen LogP contribution in [-0.4, -0.2) is 17.7 Å². The fourth-order valence-corrected chi connectivity index (χ4v) is 4.66. The predicted molar refractivity (Wildman–Crippen MR) is 97.8 cm³/mol. The van der Waals surface area contributed by atoms with Crippen molar-refractivity contribution in [2.45, 2.75) is 52.4 Å². The molecule has 7 heteroatoms. The lowest BCUT2D eigenvalue weighted by molar-refractivity contribution is -0.124. The minimum atomic E-state index is -1.80. The molecular formula is C18H24N3O3S-. The summed E-state index contributed by atoms with van der Waals surface area (Å²) in [6, 6.07) is 1.67. The second kappa shape index (κ2) is 6.78. The van der Waals surface area contributed by atoms with E-state index in [0.29, 0.717) is 0 Å². The number of amides is 3. The first-order valence-electron chi connectivity index (χ1n) is 8.65. The summed E-state index contributed by atoms with van der Waals surface area (Å²) in [6.45, 7) is 3.19. The van der Waals surface area contributed by atoms with Gasteiger partial charge in [0.1, 0.15) is 0 Å². The maximum atomic E-state index is 12.3. The van der Waals surface area contributed by atoms with Gasteiger partial charge in [0.2, 0.25) is 5.91 Å². The van der Waals surface area contributed by atoms with Crippen LogP contribution in [0.4, 0.5) is 10.5 Å². The van der Waals surface area contributed by atoms with E-state index in [4.69, 9.17) is 5.73 Å². The second-order valence-corrected chi connectivity index (χ2v) is 8.58. The van der Waals surface area contributed by atoms with E-state index < -0.39 is 27.9 Å². The number of benzene rings is 1. The van der Waals surface area contributed by atoms with Crippen molar-refractivity contribution in [3.63, 3.8) is 0 Å². The number of rotatable bonds is 4. The van der Waals surface area contributed by atoms with Gasteiger partial charge >= 0.3 is 6.03 Å². The molecule has 0 aromatic heterocycles. The fraction of sp³-hybridized carbons (Fsp3) is 0.556. The summed E-state index contributed by atoms with van der Waals surface area (Å²) in [4.78, 5) is 23.6. The van der Waals surface area contributed by atoms with Gasteiger partial charge in [0.25, 0.3) is 0 Å². The zero-order valence-electron chi connectivity index (χ0n) is 14.7. The van der Waals surface area contributed by atoms with Gasteiger partial charge in [-0.2, -0.15) is 10.6 Å². The number of nitrogens with zero attached hydrogens (tertiary/aromatic N) is 1. The summed E-state index contributed by atoms with van der Waals surface area (Å²) in [5.74, 6) is -0.629. The molecule has 6 nitrogen and oxygen atoms in total. The molecule has 1 aromatic rings. The predicted octanol–water partition coefficient (Wildman–Crippen LogP) is 2.85. The normalized spacial score (nSPS) is 17.2. The Kier molecular flexibility index (Phi) is 4.86. The van der Waals surface area contributed by atoms with Crippen molar-refractivity contribution < 1.29 is 13.8 Å². The number of urea groups is 1. The Morgan fingerprint density at radius 3 is 2.24 bits per heavy atom. The minimum Gasteiger partial charge on any atom is -0.444 e. The number of carbonyl (C=O) groups is 2. The molecule has 0 unspecified atom stereocenters. The van der Waals surface area contributed by atoms with Crippen molar-refractivity contribution >= 4 is 28.2 Å². The van der Waals surface area contributed by atoms with Gasteiger partial charge in [-0.25, -0.2) is 4.79 Å². The van der Waals surface area contributed by atoms with Crippen molar-refractivity contribution in [1.82, 2.24) is 0 Å². The monoisotopic (exact) mass is 362 g/mol. The zero-order chi connectivity index (χ0) is 18.2. The fourth-order valence-electron chi connectivity index (χ4n) is 3.60. The van der Waals surface area contributed by atoms with E-state index in [0.717, 1.165) is 44.2 Å². The van der Waals surface area contributed by atoms with Crippen LogP contribution in [0.2, 0.25) is 0 Å². The average molecular weight is 362 g/mol. The van der Waals surface area contributed by atoms with Crippen LogP contribution < -0.4 is 11.1 Å². The van der Waals surface area contributed by atoms with Crippen LogP contribution in [0.3, 0.4) is 0 Å². The first kappa shape index (κ1) is 17.9. The molecule has 0 fully saturated rings. The van der Waals surface area contributed by atoms with Gasteiger partial charge in [-0.15, -0.1) is 0 Å². The molecule has 0 saturated carbocycles. The summed E-state index contributed by atoms with van der Waals surface area (Å²) < 4.78 is 15.8. The Labute approximate surface area is 149 Å². The molecule has 25 heavy (non-hydrogen) atoms. The second-order valence-electron chi connectivity index (χ2n) is 7.47. The maximum Gasteiger partial charge on any atom is 0.322 e. The number of carbonyl (C=O) groups excluding carboxylic acids is 2. The van der Waals surface area contributed by atoms with E-state index in [1.165, 1.54) is 22.3 Å². The zero-order valence-corrected chi connectivity index (χ0v) is 15.5. The molecule has 0 heterocycles. The van der Waals surface area contributed by atoms with Gasteiger partial charge in [0, 0.05) is 11.1 Å². The van der Waals surface area contributed by atoms with E-state index in [9.17, 15) is 13.8 Å². The summed E-state index contributed by atoms with van der Waals surface area (Å²) in [5.41, 5.74) is 10.2. The third kappa shape index (κ3) is 3.71. The molecule has 0 radical (unpaired) electrons. The number of hydrogen-bond donors (Lipinski definition) is 2. The van der Waals surface area contributed by atoms with Crippen molar-refractivity contribution in [3.05, 3.63) is 28.3 Å². The maximum absolute atomic E-state index is 12.3. The Bertz CT molecular complexity index is 791. The van der Waals surface area contributed by atoms with Crippen molar-refractivity contribution in [1.29, 1.82) is 0 Å². The van der Waals surface area contributed by atoms with Gasteiger partial charge in [-0.3, -0.25) is 4.79 Å². The third-order valence-corrected chi connectivity index (χ3v) is 6.38. The number of primary amides is 1. The van der Waals surface area contributed by atoms with E-state index in [1.807, 2.05) is 0 Å². The van der Waals surface area contributed by atoms with Gasteiger partial charge in [-0.1, -0.05) is 25.7 Å². The molecule has 0 spiro atoms. The molecule has 136 valence electrons. The van der Waals surface area contributed by atoms with Gasteiger partial charge in [0.15, 0.2) is 0 Å². The first-order chi connectivity index (χ1) is 11.8. The van der Waals surface area contributed by atoms with Gasteiger partial charge in [0.05, 0.1) is 0 Å². The van der Waals surface area contributed by atoms with Gasteiger partial charge in [-0.05, 0) is 60.8 Å². The first-order valence-corrected chi connectivity index (χ1v) is 9.93. The van der Waals surface area contributed by atoms with Crippen molar-refractivity contribution in [3.8, 4) is 0 Å². The quantitative estimate of drug-likeness (QED) is 0.805. The number of aryl methyl sites for hydroxylation is 2. The molecule has 0 saturated heterocycles. The van der Waals surface area contributed by atoms with E-state index >= 15 is 0 Å². The molecule has 2 aliphatic carbocycles. The molecule has 2 aliphatic rings. The molecule has 3 rings (SSSR count). The van der Waals surface area contributed by atoms with Crippen LogP contribution in [0.5, 0.6) is 0 Å². The Hall–Kier alpha value is -1.89. The van der Waals surface area contributed by atoms with Crippen molar-refractivity contribution in [2.75, 3.05) is 11.1 Å². The highest BCUT2D eigenvalue weighted by Crippen LogP contribution is 2.38. The van der Waals surface area contributed by atoms with E-state index in [-0.39, 0.29) is 5.75 Å². The van der Waals surface area contributed by atoms with Crippen LogP contribution in [0.25, 0.3) is 0 Å². The highest BCUT2D eigenvalue weighted by atomic mass is 32.2. The molecular weight excluding hydrogens is 338 g/mol.